The van der Waals surface area contributed by atoms with Crippen LogP contribution in [0, 0.1) is 5.82 Å². The van der Waals surface area contributed by atoms with E-state index < -0.39 is 0 Å². The number of nitrogens with two attached hydrogens (primary N) is 2. The highest BCUT2D eigenvalue weighted by atomic mass is 19.1. The molecule has 0 saturated heterocycles. The van der Waals surface area contributed by atoms with E-state index in [2.05, 4.69) is 4.98 Å². The minimum Gasteiger partial charge on any atom is -0.398 e. The van der Waals surface area contributed by atoms with E-state index in [1.807, 2.05) is 13.8 Å². The summed E-state index contributed by atoms with van der Waals surface area (Å²) in [6.07, 6.45) is 1.59. The van der Waals surface area contributed by atoms with Gasteiger partial charge in [-0.25, -0.2) is 9.37 Å². The average Bonchev–Trinajstić information content (AvgIpc) is 2.31. The predicted octanol–water partition coefficient (Wildman–Crippen LogP) is 3.18. The number of nitrogen functional groups attached to an aromatic ring is 2. The smallest absolute Gasteiger partial charge is 0.124 e. The molecule has 1 heterocycles. The number of nitrogens with zero attached hydrogens (tertiary/aromatic N) is 1. The molecule has 2 rings (SSSR count). The molecule has 1 aromatic heterocycles. The molecule has 0 spiro atoms. The molecule has 0 fully saturated rings. The van der Waals surface area contributed by atoms with E-state index in [9.17, 15) is 4.39 Å². The molecule has 0 amide bonds. The first-order valence-corrected chi connectivity index (χ1v) is 5.80. The monoisotopic (exact) mass is 245 g/mol. The first-order chi connectivity index (χ1) is 8.49. The topological polar surface area (TPSA) is 64.9 Å². The van der Waals surface area contributed by atoms with E-state index in [0.717, 1.165) is 11.1 Å². The van der Waals surface area contributed by atoms with Crippen LogP contribution in [0.1, 0.15) is 25.3 Å². The van der Waals surface area contributed by atoms with Crippen molar-refractivity contribution in [3.8, 4) is 11.1 Å². The SMILES string of the molecule is CC(C)c1cc(F)cc(-c2ccnc(N)c2)c1N. The number of benzene rings is 1. The molecule has 0 saturated carbocycles. The second-order valence-corrected chi connectivity index (χ2v) is 4.58. The van der Waals surface area contributed by atoms with Gasteiger partial charge in [0.25, 0.3) is 0 Å². The van der Waals surface area contributed by atoms with Gasteiger partial charge in [-0.1, -0.05) is 13.8 Å². The Labute approximate surface area is 106 Å². The number of anilines is 2. The lowest BCUT2D eigenvalue weighted by Crippen LogP contribution is -2.01. The van der Waals surface area contributed by atoms with E-state index in [1.54, 1.807) is 18.3 Å². The van der Waals surface area contributed by atoms with Crippen molar-refractivity contribution in [2.24, 2.45) is 0 Å². The normalized spacial score (nSPS) is 10.9. The molecule has 0 radical (unpaired) electrons. The summed E-state index contributed by atoms with van der Waals surface area (Å²) in [5.74, 6) is 0.263. The highest BCUT2D eigenvalue weighted by Gasteiger charge is 2.12. The van der Waals surface area contributed by atoms with Crippen molar-refractivity contribution in [2.45, 2.75) is 19.8 Å². The summed E-state index contributed by atoms with van der Waals surface area (Å²) in [4.78, 5) is 3.92. The van der Waals surface area contributed by atoms with Crippen molar-refractivity contribution in [3.05, 3.63) is 41.8 Å². The van der Waals surface area contributed by atoms with Gasteiger partial charge in [-0.15, -0.1) is 0 Å². The summed E-state index contributed by atoms with van der Waals surface area (Å²) >= 11 is 0. The molecule has 0 atom stereocenters. The lowest BCUT2D eigenvalue weighted by Gasteiger charge is -2.14. The Morgan fingerprint density at radius 2 is 1.89 bits per heavy atom. The summed E-state index contributed by atoms with van der Waals surface area (Å²) in [6.45, 7) is 3.96. The summed E-state index contributed by atoms with van der Waals surface area (Å²) in [7, 11) is 0. The quantitative estimate of drug-likeness (QED) is 0.799. The largest absolute Gasteiger partial charge is 0.398 e. The lowest BCUT2D eigenvalue weighted by atomic mass is 9.94. The van der Waals surface area contributed by atoms with Gasteiger partial charge in [0.2, 0.25) is 0 Å². The van der Waals surface area contributed by atoms with Crippen molar-refractivity contribution in [1.29, 1.82) is 0 Å². The van der Waals surface area contributed by atoms with Crippen LogP contribution in [-0.2, 0) is 0 Å². The van der Waals surface area contributed by atoms with Crippen molar-refractivity contribution in [3.63, 3.8) is 0 Å². The van der Waals surface area contributed by atoms with Crippen LogP contribution in [0.15, 0.2) is 30.5 Å². The van der Waals surface area contributed by atoms with Gasteiger partial charge < -0.3 is 11.5 Å². The first-order valence-electron chi connectivity index (χ1n) is 5.80. The Bertz CT molecular complexity index is 579. The molecule has 94 valence electrons. The molecule has 0 aliphatic rings. The maximum absolute atomic E-state index is 13.7. The van der Waals surface area contributed by atoms with Gasteiger partial charge >= 0.3 is 0 Å². The van der Waals surface area contributed by atoms with Crippen molar-refractivity contribution >= 4 is 11.5 Å². The third-order valence-corrected chi connectivity index (χ3v) is 2.89. The second kappa shape index (κ2) is 4.64. The number of hydrogen-bond donors (Lipinski definition) is 2. The molecule has 0 bridgehead atoms. The van der Waals surface area contributed by atoms with E-state index in [-0.39, 0.29) is 11.7 Å². The summed E-state index contributed by atoms with van der Waals surface area (Å²) in [5, 5.41) is 0. The standard InChI is InChI=1S/C14H16FN3/c1-8(2)11-6-10(15)7-12(14(11)17)9-3-4-18-13(16)5-9/h3-8H,17H2,1-2H3,(H2,16,18). The van der Waals surface area contributed by atoms with Gasteiger partial charge in [-0.2, -0.15) is 0 Å². The van der Waals surface area contributed by atoms with E-state index in [0.29, 0.717) is 17.1 Å². The zero-order valence-electron chi connectivity index (χ0n) is 10.4. The molecule has 2 aromatic rings. The Morgan fingerprint density at radius 1 is 1.17 bits per heavy atom. The fourth-order valence-electron chi connectivity index (χ4n) is 1.97. The number of aromatic nitrogens is 1. The highest BCUT2D eigenvalue weighted by Crippen LogP contribution is 2.33. The van der Waals surface area contributed by atoms with Crippen LogP contribution in [0.25, 0.3) is 11.1 Å². The molecule has 4 heteroatoms. The van der Waals surface area contributed by atoms with Crippen molar-refractivity contribution in [1.82, 2.24) is 4.98 Å². The summed E-state index contributed by atoms with van der Waals surface area (Å²) < 4.78 is 13.7. The first kappa shape index (κ1) is 12.4. The Morgan fingerprint density at radius 3 is 2.50 bits per heavy atom. The molecule has 4 N–H and O–H groups in total. The second-order valence-electron chi connectivity index (χ2n) is 4.58. The Hall–Kier alpha value is -2.10. The predicted molar refractivity (Wildman–Crippen MR) is 72.5 cm³/mol. The minimum absolute atomic E-state index is 0.165. The van der Waals surface area contributed by atoms with Crippen LogP contribution < -0.4 is 11.5 Å². The molecule has 0 unspecified atom stereocenters. The summed E-state index contributed by atoms with van der Waals surface area (Å²) in [6, 6.07) is 6.37. The van der Waals surface area contributed by atoms with Gasteiger partial charge in [0.1, 0.15) is 11.6 Å². The van der Waals surface area contributed by atoms with Gasteiger partial charge in [0.05, 0.1) is 0 Å². The van der Waals surface area contributed by atoms with E-state index in [1.165, 1.54) is 12.1 Å². The van der Waals surface area contributed by atoms with E-state index in [4.69, 9.17) is 11.5 Å². The molecule has 1 aromatic carbocycles. The van der Waals surface area contributed by atoms with Gasteiger partial charge in [0, 0.05) is 17.4 Å². The molecule has 0 aliphatic heterocycles. The fraction of sp³-hybridized carbons (Fsp3) is 0.214. The molecular weight excluding hydrogens is 229 g/mol. The number of rotatable bonds is 2. The lowest BCUT2D eigenvalue weighted by molar-refractivity contribution is 0.624. The number of halogens is 1. The number of hydrogen-bond acceptors (Lipinski definition) is 3. The summed E-state index contributed by atoms with van der Waals surface area (Å²) in [5.41, 5.74) is 14.6. The van der Waals surface area contributed by atoms with Crippen molar-refractivity contribution < 1.29 is 4.39 Å². The average molecular weight is 245 g/mol. The zero-order chi connectivity index (χ0) is 13.3. The number of pyridine rings is 1. The molecule has 18 heavy (non-hydrogen) atoms. The molecular formula is C14H16FN3. The van der Waals surface area contributed by atoms with Crippen LogP contribution in [-0.4, -0.2) is 4.98 Å². The Balaban J connectivity index is 2.64. The van der Waals surface area contributed by atoms with Gasteiger partial charge in [-0.3, -0.25) is 0 Å². The molecule has 3 nitrogen and oxygen atoms in total. The van der Waals surface area contributed by atoms with Crippen LogP contribution in [0.3, 0.4) is 0 Å². The highest BCUT2D eigenvalue weighted by molar-refractivity contribution is 5.79. The van der Waals surface area contributed by atoms with E-state index >= 15 is 0 Å². The van der Waals surface area contributed by atoms with Crippen LogP contribution in [0.4, 0.5) is 15.9 Å². The van der Waals surface area contributed by atoms with Crippen LogP contribution in [0.5, 0.6) is 0 Å². The maximum atomic E-state index is 13.7. The van der Waals surface area contributed by atoms with Gasteiger partial charge in [-0.05, 0) is 41.3 Å². The van der Waals surface area contributed by atoms with Crippen molar-refractivity contribution in [2.75, 3.05) is 11.5 Å². The third-order valence-electron chi connectivity index (χ3n) is 2.89. The third kappa shape index (κ3) is 2.27. The van der Waals surface area contributed by atoms with Crippen LogP contribution >= 0.6 is 0 Å². The molecule has 0 aliphatic carbocycles. The van der Waals surface area contributed by atoms with Gasteiger partial charge in [0.15, 0.2) is 0 Å². The minimum atomic E-state index is -0.293. The zero-order valence-corrected chi connectivity index (χ0v) is 10.4. The fourth-order valence-corrected chi connectivity index (χ4v) is 1.97. The maximum Gasteiger partial charge on any atom is 0.124 e. The Kier molecular flexibility index (Phi) is 3.19. The van der Waals surface area contributed by atoms with Crippen LogP contribution in [0.2, 0.25) is 0 Å².